The van der Waals surface area contributed by atoms with E-state index in [9.17, 15) is 9.59 Å². The van der Waals surface area contributed by atoms with Crippen LogP contribution in [0.4, 0.5) is 5.69 Å². The van der Waals surface area contributed by atoms with Gasteiger partial charge in [0.05, 0.1) is 30.8 Å². The number of carbonyl (C=O) groups excluding carboxylic acids is 2. The molecule has 110 valence electrons. The number of nitrogens with one attached hydrogen (secondary N) is 2. The van der Waals surface area contributed by atoms with Gasteiger partial charge in [0.25, 0.3) is 0 Å². The van der Waals surface area contributed by atoms with Gasteiger partial charge in [0.15, 0.2) is 0 Å². The molecule has 0 aliphatic heterocycles. The van der Waals surface area contributed by atoms with E-state index in [0.717, 1.165) is 0 Å². The first kappa shape index (κ1) is 16.4. The quantitative estimate of drug-likeness (QED) is 0.586. The minimum atomic E-state index is -0.552. The summed E-state index contributed by atoms with van der Waals surface area (Å²) in [6.07, 6.45) is 0. The number of ether oxygens (including phenoxy) is 2. The fraction of sp³-hybridized carbons (Fsp3) is 0.385. The molecule has 0 atom stereocenters. The number of benzene rings is 1. The number of amides is 1. The van der Waals surface area contributed by atoms with Crippen LogP contribution in [0, 0.1) is 0 Å². The minimum absolute atomic E-state index is 0.152. The van der Waals surface area contributed by atoms with Crippen molar-refractivity contribution in [2.45, 2.75) is 0 Å². The monoisotopic (exact) mass is 300 g/mol. The molecule has 0 aliphatic rings. The van der Waals surface area contributed by atoms with E-state index < -0.39 is 5.97 Å². The molecule has 6 nitrogen and oxygen atoms in total. The summed E-state index contributed by atoms with van der Waals surface area (Å²) in [5.74, 6) is -0.774. The molecule has 0 aromatic heterocycles. The number of anilines is 1. The molecule has 0 aliphatic carbocycles. The Hall–Kier alpha value is -1.63. The first-order valence-corrected chi connectivity index (χ1v) is 6.33. The number of carbonyl (C=O) groups is 2. The topological polar surface area (TPSA) is 76.7 Å². The zero-order valence-electron chi connectivity index (χ0n) is 11.4. The van der Waals surface area contributed by atoms with Gasteiger partial charge in [0.1, 0.15) is 0 Å². The third kappa shape index (κ3) is 5.16. The van der Waals surface area contributed by atoms with Crippen LogP contribution in [0.25, 0.3) is 0 Å². The summed E-state index contributed by atoms with van der Waals surface area (Å²) in [4.78, 5) is 23.1. The Morgan fingerprint density at radius 2 is 2.05 bits per heavy atom. The average Bonchev–Trinajstić information content (AvgIpc) is 2.45. The number of esters is 1. The van der Waals surface area contributed by atoms with E-state index in [2.05, 4.69) is 15.4 Å². The highest BCUT2D eigenvalue weighted by atomic mass is 35.5. The van der Waals surface area contributed by atoms with Crippen molar-refractivity contribution in [1.82, 2.24) is 5.32 Å². The molecule has 0 radical (unpaired) electrons. The lowest BCUT2D eigenvalue weighted by Crippen LogP contribution is -2.30. The average molecular weight is 301 g/mol. The van der Waals surface area contributed by atoms with Crippen molar-refractivity contribution in [2.24, 2.45) is 0 Å². The molecule has 1 rings (SSSR count). The number of rotatable bonds is 7. The van der Waals surface area contributed by atoms with Crippen molar-refractivity contribution in [3.8, 4) is 0 Å². The number of hydrogen-bond acceptors (Lipinski definition) is 5. The molecule has 0 saturated carbocycles. The van der Waals surface area contributed by atoms with E-state index in [1.807, 2.05) is 0 Å². The van der Waals surface area contributed by atoms with Gasteiger partial charge in [-0.15, -0.1) is 0 Å². The third-order valence-corrected chi connectivity index (χ3v) is 2.75. The maximum atomic E-state index is 11.6. The smallest absolute Gasteiger partial charge is 0.339 e. The van der Waals surface area contributed by atoms with E-state index in [1.54, 1.807) is 13.2 Å². The Morgan fingerprint density at radius 1 is 1.30 bits per heavy atom. The Morgan fingerprint density at radius 3 is 2.70 bits per heavy atom. The molecular weight excluding hydrogens is 284 g/mol. The number of halogens is 1. The lowest BCUT2D eigenvalue weighted by atomic mass is 10.2. The summed E-state index contributed by atoms with van der Waals surface area (Å²) in [6, 6.07) is 4.62. The Balaban J connectivity index is 2.59. The second kappa shape index (κ2) is 8.52. The van der Waals surface area contributed by atoms with Crippen molar-refractivity contribution in [1.29, 1.82) is 0 Å². The van der Waals surface area contributed by atoms with Gasteiger partial charge >= 0.3 is 5.97 Å². The summed E-state index contributed by atoms with van der Waals surface area (Å²) in [6.45, 7) is 1.26. The van der Waals surface area contributed by atoms with Gasteiger partial charge in [-0.3, -0.25) is 4.79 Å². The first-order valence-electron chi connectivity index (χ1n) is 5.96. The van der Waals surface area contributed by atoms with E-state index in [1.165, 1.54) is 19.2 Å². The predicted molar refractivity (Wildman–Crippen MR) is 76.2 cm³/mol. The Labute approximate surface area is 122 Å². The molecule has 7 heteroatoms. The normalized spacial score (nSPS) is 10.2. The van der Waals surface area contributed by atoms with Crippen LogP contribution in [0.3, 0.4) is 0 Å². The Bertz CT molecular complexity index is 479. The van der Waals surface area contributed by atoms with E-state index in [-0.39, 0.29) is 23.0 Å². The van der Waals surface area contributed by atoms with Crippen LogP contribution in [-0.4, -0.2) is 45.8 Å². The van der Waals surface area contributed by atoms with E-state index >= 15 is 0 Å². The molecule has 20 heavy (non-hydrogen) atoms. The molecule has 0 spiro atoms. The summed E-state index contributed by atoms with van der Waals surface area (Å²) in [5.41, 5.74) is 0.688. The van der Waals surface area contributed by atoms with Gasteiger partial charge in [-0.2, -0.15) is 0 Å². The van der Waals surface area contributed by atoms with Gasteiger partial charge in [-0.1, -0.05) is 11.6 Å². The minimum Gasteiger partial charge on any atom is -0.465 e. The highest BCUT2D eigenvalue weighted by Gasteiger charge is 2.12. The molecule has 0 saturated heterocycles. The van der Waals surface area contributed by atoms with Crippen LogP contribution in [0.15, 0.2) is 18.2 Å². The van der Waals surface area contributed by atoms with E-state index in [4.69, 9.17) is 16.3 Å². The molecule has 1 amide bonds. The van der Waals surface area contributed by atoms with Crippen molar-refractivity contribution in [3.63, 3.8) is 0 Å². The van der Waals surface area contributed by atoms with Crippen molar-refractivity contribution >= 4 is 29.2 Å². The van der Waals surface area contributed by atoms with Crippen LogP contribution >= 0.6 is 11.6 Å². The highest BCUT2D eigenvalue weighted by Crippen LogP contribution is 2.21. The second-order valence-corrected chi connectivity index (χ2v) is 4.31. The summed E-state index contributed by atoms with van der Waals surface area (Å²) >= 11 is 5.88. The molecule has 0 unspecified atom stereocenters. The van der Waals surface area contributed by atoms with Crippen molar-refractivity contribution < 1.29 is 19.1 Å². The molecule has 0 heterocycles. The van der Waals surface area contributed by atoms with Crippen LogP contribution in [0.2, 0.25) is 5.02 Å². The maximum Gasteiger partial charge on any atom is 0.339 e. The zero-order valence-corrected chi connectivity index (χ0v) is 12.1. The Kier molecular flexibility index (Phi) is 7.00. The van der Waals surface area contributed by atoms with E-state index in [0.29, 0.717) is 18.8 Å². The molecule has 1 aromatic carbocycles. The van der Waals surface area contributed by atoms with Crippen LogP contribution < -0.4 is 10.6 Å². The second-order valence-electron chi connectivity index (χ2n) is 3.90. The molecule has 1 aromatic rings. The van der Waals surface area contributed by atoms with Gasteiger partial charge < -0.3 is 20.1 Å². The molecule has 0 fully saturated rings. The van der Waals surface area contributed by atoms with Gasteiger partial charge in [0.2, 0.25) is 5.91 Å². The highest BCUT2D eigenvalue weighted by molar-refractivity contribution is 6.33. The number of methoxy groups -OCH3 is 2. The first-order chi connectivity index (χ1) is 9.58. The number of hydrogen-bond donors (Lipinski definition) is 2. The lowest BCUT2D eigenvalue weighted by Gasteiger charge is -2.08. The van der Waals surface area contributed by atoms with Crippen molar-refractivity contribution in [2.75, 3.05) is 39.2 Å². The van der Waals surface area contributed by atoms with Gasteiger partial charge in [0, 0.05) is 19.3 Å². The summed E-state index contributed by atoms with van der Waals surface area (Å²) in [5, 5.41) is 5.84. The molecule has 2 N–H and O–H groups in total. The molecular formula is C13H17ClN2O4. The fourth-order valence-electron chi connectivity index (χ4n) is 1.45. The van der Waals surface area contributed by atoms with Crippen molar-refractivity contribution in [3.05, 3.63) is 28.8 Å². The standard InChI is InChI=1S/C13H17ClN2O4/c1-19-6-5-15-8-12(17)16-9-3-4-11(14)10(7-9)13(18)20-2/h3-4,7,15H,5-6,8H2,1-2H3,(H,16,17). The maximum absolute atomic E-state index is 11.6. The van der Waals surface area contributed by atoms with Crippen LogP contribution in [0.1, 0.15) is 10.4 Å². The third-order valence-electron chi connectivity index (χ3n) is 2.42. The van der Waals surface area contributed by atoms with Gasteiger partial charge in [-0.25, -0.2) is 4.79 Å². The fourth-order valence-corrected chi connectivity index (χ4v) is 1.65. The van der Waals surface area contributed by atoms with Gasteiger partial charge in [-0.05, 0) is 18.2 Å². The molecule has 0 bridgehead atoms. The van der Waals surface area contributed by atoms with Crippen LogP contribution in [-0.2, 0) is 14.3 Å². The largest absolute Gasteiger partial charge is 0.465 e. The zero-order chi connectivity index (χ0) is 15.0. The summed E-state index contributed by atoms with van der Waals surface area (Å²) < 4.78 is 9.46. The SMILES string of the molecule is COCCNCC(=O)Nc1ccc(Cl)c(C(=O)OC)c1. The predicted octanol–water partition coefficient (Wildman–Crippen LogP) is 1.30. The lowest BCUT2D eigenvalue weighted by molar-refractivity contribution is -0.115. The van der Waals surface area contributed by atoms with Crippen LogP contribution in [0.5, 0.6) is 0 Å². The summed E-state index contributed by atoms with van der Waals surface area (Å²) in [7, 11) is 2.85.